The van der Waals surface area contributed by atoms with Gasteiger partial charge in [0.2, 0.25) is 10.5 Å². The molecule has 1 N–H and O–H groups in total. The van der Waals surface area contributed by atoms with E-state index in [1.165, 1.54) is 0 Å². The molecule has 1 fully saturated rings. The number of piperazine rings is 1. The molecule has 1 saturated heterocycles. The second kappa shape index (κ2) is 11.0. The molecule has 0 unspecified atom stereocenters. The normalized spacial score (nSPS) is 15.4. The van der Waals surface area contributed by atoms with Crippen molar-refractivity contribution < 1.29 is 24.2 Å². The van der Waals surface area contributed by atoms with E-state index < -0.39 is 39.7 Å². The molecule has 1 aliphatic rings. The summed E-state index contributed by atoms with van der Waals surface area (Å²) in [6, 6.07) is 0. The Hall–Kier alpha value is -2.32. The van der Waals surface area contributed by atoms with Crippen molar-refractivity contribution in [2.45, 2.75) is 39.5 Å². The molecular weight excluding hydrogens is 556 g/mol. The maximum absolute atomic E-state index is 13.5. The number of carbonyl (C=O) groups is 2. The zero-order valence-electron chi connectivity index (χ0n) is 21.6. The molecule has 0 bridgehead atoms. The molecule has 12 nitrogen and oxygen atoms in total. The highest BCUT2D eigenvalue weighted by atomic mass is 79.9. The first-order chi connectivity index (χ1) is 16.7. The fourth-order valence-corrected chi connectivity index (χ4v) is 4.68. The minimum absolute atomic E-state index is 0.0257. The number of carboxylic acid groups (broad SMARTS) is 1. The van der Waals surface area contributed by atoms with Gasteiger partial charge in [0.25, 0.3) is 5.56 Å². The number of hydrogen-bond acceptors (Lipinski definition) is 8. The minimum atomic E-state index is -1.08. The van der Waals surface area contributed by atoms with E-state index in [1.54, 1.807) is 35.1 Å². The van der Waals surface area contributed by atoms with Crippen LogP contribution < -0.4 is 10.5 Å². The van der Waals surface area contributed by atoms with Crippen molar-refractivity contribution in [3.8, 4) is 0 Å². The third kappa shape index (κ3) is 7.13. The molecule has 3 rings (SSSR count). The van der Waals surface area contributed by atoms with Crippen LogP contribution in [0.25, 0.3) is 5.78 Å². The molecule has 0 saturated carbocycles. The van der Waals surface area contributed by atoms with Crippen molar-refractivity contribution in [2.24, 2.45) is 0 Å². The molecule has 2 aromatic heterocycles. The molecule has 0 spiro atoms. The number of aliphatic carboxylic acids is 1. The van der Waals surface area contributed by atoms with Crippen LogP contribution in [0.1, 0.15) is 26.5 Å². The average molecular weight is 592 g/mol. The monoisotopic (exact) mass is 590 g/mol. The lowest BCUT2D eigenvalue weighted by molar-refractivity contribution is -0.136. The first-order valence-corrected chi connectivity index (χ1v) is 15.3. The highest BCUT2D eigenvalue weighted by molar-refractivity contribution is 9.10. The van der Waals surface area contributed by atoms with Crippen molar-refractivity contribution in [2.75, 3.05) is 62.2 Å². The maximum Gasteiger partial charge on any atom is 0.410 e. The van der Waals surface area contributed by atoms with E-state index in [9.17, 15) is 19.5 Å². The Kier molecular flexibility index (Phi) is 8.61. The number of aromatic nitrogens is 4. The highest BCUT2D eigenvalue weighted by Crippen LogP contribution is 2.33. The molecule has 1 amide bonds. The molecule has 0 aliphatic carbocycles. The second-order valence-corrected chi connectivity index (χ2v) is 15.8. The number of halogens is 1. The predicted molar refractivity (Wildman–Crippen MR) is 142 cm³/mol. The third-order valence-electron chi connectivity index (χ3n) is 5.43. The Bertz CT molecular complexity index is 1180. The summed E-state index contributed by atoms with van der Waals surface area (Å²) in [5.74, 6) is -0.00520. The second-order valence-electron chi connectivity index (χ2n) is 10.5. The van der Waals surface area contributed by atoms with Gasteiger partial charge in [-0.15, -0.1) is 5.10 Å². The molecule has 14 heteroatoms. The van der Waals surface area contributed by atoms with Crippen LogP contribution in [0.5, 0.6) is 0 Å². The Morgan fingerprint density at radius 1 is 1.14 bits per heavy atom. The predicted octanol–water partition coefficient (Wildman–Crippen LogP) is 2.01. The quantitative estimate of drug-likeness (QED) is 0.458. The maximum atomic E-state index is 13.5. The van der Waals surface area contributed by atoms with Crippen LogP contribution in [0.2, 0.25) is 0 Å². The van der Waals surface area contributed by atoms with Crippen LogP contribution >= 0.6 is 26.0 Å². The van der Waals surface area contributed by atoms with Gasteiger partial charge in [-0.1, -0.05) is 0 Å². The number of amides is 1. The van der Waals surface area contributed by atoms with Crippen molar-refractivity contribution in [1.29, 1.82) is 0 Å². The summed E-state index contributed by atoms with van der Waals surface area (Å²) in [6.07, 6.45) is 5.75. The highest BCUT2D eigenvalue weighted by Gasteiger charge is 2.31. The van der Waals surface area contributed by atoms with E-state index in [4.69, 9.17) is 9.47 Å². The van der Waals surface area contributed by atoms with Gasteiger partial charge in [0, 0.05) is 31.9 Å². The van der Waals surface area contributed by atoms with Crippen molar-refractivity contribution in [3.05, 3.63) is 20.8 Å². The fraction of sp³-hybridized carbons (Fsp3) is 0.682. The van der Waals surface area contributed by atoms with E-state index >= 15 is 0 Å². The number of carbonyl (C=O) groups excluding carboxylic acids is 1. The summed E-state index contributed by atoms with van der Waals surface area (Å²) in [5, 5.41) is 13.9. The molecule has 3 heterocycles. The van der Waals surface area contributed by atoms with Gasteiger partial charge >= 0.3 is 12.1 Å². The molecule has 0 aromatic carbocycles. The van der Waals surface area contributed by atoms with Crippen LogP contribution in [-0.4, -0.2) is 104 Å². The lowest BCUT2D eigenvalue weighted by atomic mass is 10.2. The van der Waals surface area contributed by atoms with Gasteiger partial charge in [0.1, 0.15) is 18.0 Å². The van der Waals surface area contributed by atoms with Gasteiger partial charge < -0.3 is 24.4 Å². The first-order valence-electron chi connectivity index (χ1n) is 11.5. The standard InChI is InChI=1S/C22H35BrN6O6S/c1-22(2,3)35-21(33)27-9-7-26(8-10-27)17-15(13-16(30)31)28(14-34-11-12-36(4,5)6)20-24-19(23)25-29(20)18(17)32/h7-14H2,1-6H3,(H,30,31). The number of ether oxygens (including phenoxy) is 2. The van der Waals surface area contributed by atoms with E-state index in [-0.39, 0.29) is 28.6 Å². The van der Waals surface area contributed by atoms with Gasteiger partial charge in [-0.3, -0.25) is 14.2 Å². The van der Waals surface area contributed by atoms with Crippen LogP contribution in [0.15, 0.2) is 9.53 Å². The minimum Gasteiger partial charge on any atom is -0.481 e. The number of anilines is 1. The summed E-state index contributed by atoms with van der Waals surface area (Å²) in [6.45, 7) is 7.23. The van der Waals surface area contributed by atoms with Crippen LogP contribution in [0.4, 0.5) is 10.5 Å². The number of hydrogen-bond donors (Lipinski definition) is 1. The molecule has 0 atom stereocenters. The lowest BCUT2D eigenvalue weighted by Crippen LogP contribution is -2.51. The van der Waals surface area contributed by atoms with Crippen molar-refractivity contribution >= 4 is 49.5 Å². The van der Waals surface area contributed by atoms with Crippen molar-refractivity contribution in [1.82, 2.24) is 24.1 Å². The smallest absolute Gasteiger partial charge is 0.410 e. The molecule has 1 aliphatic heterocycles. The first kappa shape index (κ1) is 28.3. The zero-order chi connectivity index (χ0) is 26.8. The number of nitrogens with zero attached hydrogens (tertiary/aromatic N) is 6. The van der Waals surface area contributed by atoms with Gasteiger partial charge in [0.15, 0.2) is 0 Å². The molecule has 2 aromatic rings. The number of carboxylic acids is 1. The van der Waals surface area contributed by atoms with E-state index in [0.29, 0.717) is 32.8 Å². The number of rotatable bonds is 8. The van der Waals surface area contributed by atoms with Crippen LogP contribution in [0.3, 0.4) is 0 Å². The lowest BCUT2D eigenvalue weighted by Gasteiger charge is -2.37. The molecule has 36 heavy (non-hydrogen) atoms. The third-order valence-corrected chi connectivity index (χ3v) is 7.15. The largest absolute Gasteiger partial charge is 0.481 e. The average Bonchev–Trinajstić information content (AvgIpc) is 3.13. The molecular formula is C22H35BrN6O6S. The van der Waals surface area contributed by atoms with Gasteiger partial charge in [0.05, 0.1) is 18.7 Å². The van der Waals surface area contributed by atoms with Crippen molar-refractivity contribution in [3.63, 3.8) is 0 Å². The van der Waals surface area contributed by atoms with Crippen LogP contribution in [0, 0.1) is 0 Å². The Morgan fingerprint density at radius 2 is 1.78 bits per heavy atom. The molecule has 0 radical (unpaired) electrons. The van der Waals surface area contributed by atoms with Gasteiger partial charge in [-0.2, -0.15) is 9.50 Å². The van der Waals surface area contributed by atoms with E-state index in [2.05, 4.69) is 44.8 Å². The summed E-state index contributed by atoms with van der Waals surface area (Å²) >= 11 is 3.22. The van der Waals surface area contributed by atoms with Crippen LogP contribution in [-0.2, 0) is 27.4 Å². The SMILES string of the molecule is CC(C)(C)OC(=O)N1CCN(c2c(CC(=O)O)n(COCCS(C)(C)C)c3nc(Br)nn3c2=O)CC1. The summed E-state index contributed by atoms with van der Waals surface area (Å²) in [5.41, 5.74) is -0.582. The zero-order valence-corrected chi connectivity index (χ0v) is 24.0. The Balaban J connectivity index is 1.96. The van der Waals surface area contributed by atoms with Gasteiger partial charge in [-0.25, -0.2) is 14.8 Å². The van der Waals surface area contributed by atoms with Gasteiger partial charge in [-0.05, 0) is 55.5 Å². The fourth-order valence-electron chi connectivity index (χ4n) is 3.74. The summed E-state index contributed by atoms with van der Waals surface area (Å²) in [4.78, 5) is 45.5. The van der Waals surface area contributed by atoms with E-state index in [0.717, 1.165) is 10.3 Å². The molecule has 202 valence electrons. The Labute approximate surface area is 220 Å². The summed E-state index contributed by atoms with van der Waals surface area (Å²) in [7, 11) is -0.772. The Morgan fingerprint density at radius 3 is 2.33 bits per heavy atom. The van der Waals surface area contributed by atoms with E-state index in [1.807, 2.05) is 0 Å². The topological polar surface area (TPSA) is 132 Å². The summed E-state index contributed by atoms with van der Waals surface area (Å²) < 4.78 is 14.3. The number of fused-ring (bicyclic) bond motifs is 1.